The quantitative estimate of drug-likeness (QED) is 0.845. The van der Waals surface area contributed by atoms with Crippen molar-refractivity contribution in [2.24, 2.45) is 0 Å². The number of benzene rings is 2. The van der Waals surface area contributed by atoms with Crippen molar-refractivity contribution >= 4 is 27.3 Å². The van der Waals surface area contributed by atoms with Crippen molar-refractivity contribution in [2.75, 3.05) is 5.73 Å². The minimum absolute atomic E-state index is 0.0879. The third-order valence-electron chi connectivity index (χ3n) is 2.69. The number of nitrogen functional groups attached to an aromatic ring is 1. The molecule has 0 bridgehead atoms. The van der Waals surface area contributed by atoms with E-state index in [-0.39, 0.29) is 12.2 Å². The Balaban J connectivity index is 2.25. The minimum Gasteiger partial charge on any atom is -0.399 e. The fourth-order valence-corrected chi connectivity index (χ4v) is 2.90. The lowest BCUT2D eigenvalue weighted by Gasteiger charge is -2.09. The summed E-state index contributed by atoms with van der Waals surface area (Å²) in [5, 5.41) is 0.505. The van der Waals surface area contributed by atoms with Crippen molar-refractivity contribution in [3.05, 3.63) is 58.6 Å². The van der Waals surface area contributed by atoms with E-state index in [4.69, 9.17) is 17.3 Å². The van der Waals surface area contributed by atoms with Gasteiger partial charge < -0.3 is 5.73 Å². The van der Waals surface area contributed by atoms with Gasteiger partial charge in [-0.1, -0.05) is 23.7 Å². The van der Waals surface area contributed by atoms with Gasteiger partial charge in [0, 0.05) is 17.3 Å². The zero-order valence-corrected chi connectivity index (χ0v) is 12.2. The van der Waals surface area contributed by atoms with Gasteiger partial charge in [0.25, 0.3) is 0 Å². The van der Waals surface area contributed by atoms with Crippen molar-refractivity contribution in [1.29, 1.82) is 0 Å². The molecule has 0 radical (unpaired) electrons. The first-order valence-electron chi connectivity index (χ1n) is 5.78. The first-order chi connectivity index (χ1) is 9.79. The number of halogens is 3. The van der Waals surface area contributed by atoms with Crippen LogP contribution in [0, 0.1) is 11.6 Å². The summed E-state index contributed by atoms with van der Waals surface area (Å²) in [4.78, 5) is -0.825. The van der Waals surface area contributed by atoms with Crippen molar-refractivity contribution < 1.29 is 17.2 Å². The van der Waals surface area contributed by atoms with Crippen LogP contribution < -0.4 is 10.5 Å². The van der Waals surface area contributed by atoms with E-state index >= 15 is 0 Å². The first-order valence-corrected chi connectivity index (χ1v) is 7.64. The normalized spacial score (nSPS) is 11.6. The van der Waals surface area contributed by atoms with Crippen LogP contribution in [0.15, 0.2) is 41.3 Å². The number of nitrogens with two attached hydrogens (primary N) is 1. The van der Waals surface area contributed by atoms with Gasteiger partial charge in [-0.25, -0.2) is 21.9 Å². The van der Waals surface area contributed by atoms with Crippen molar-refractivity contribution in [2.45, 2.75) is 11.4 Å². The molecule has 0 aliphatic carbocycles. The van der Waals surface area contributed by atoms with Crippen LogP contribution in [-0.2, 0) is 16.6 Å². The molecule has 21 heavy (non-hydrogen) atoms. The highest BCUT2D eigenvalue weighted by atomic mass is 35.5. The molecule has 2 aromatic rings. The summed E-state index contributed by atoms with van der Waals surface area (Å²) in [6, 6.07) is 7.98. The molecule has 3 N–H and O–H groups in total. The second-order valence-corrected chi connectivity index (χ2v) is 6.44. The molecule has 112 valence electrons. The Kier molecular flexibility index (Phi) is 4.46. The summed E-state index contributed by atoms with van der Waals surface area (Å²) < 4.78 is 53.0. The van der Waals surface area contributed by atoms with Crippen LogP contribution in [-0.4, -0.2) is 8.42 Å². The van der Waals surface area contributed by atoms with Gasteiger partial charge in [0.05, 0.1) is 0 Å². The van der Waals surface area contributed by atoms with Gasteiger partial charge in [-0.3, -0.25) is 0 Å². The molecule has 0 heterocycles. The van der Waals surface area contributed by atoms with Gasteiger partial charge in [-0.05, 0) is 29.8 Å². The molecule has 0 fully saturated rings. The second-order valence-electron chi connectivity index (χ2n) is 4.27. The molecule has 0 aromatic heterocycles. The molecule has 2 aromatic carbocycles. The number of hydrogen-bond donors (Lipinski definition) is 2. The Bertz CT molecular complexity index is 764. The first kappa shape index (κ1) is 15.7. The van der Waals surface area contributed by atoms with Gasteiger partial charge in [-0.2, -0.15) is 0 Å². The fourth-order valence-electron chi connectivity index (χ4n) is 1.64. The summed E-state index contributed by atoms with van der Waals surface area (Å²) in [6.07, 6.45) is 0. The average molecular weight is 333 g/mol. The fraction of sp³-hybridized carbons (Fsp3) is 0.0769. The average Bonchev–Trinajstić information content (AvgIpc) is 2.42. The molecule has 0 amide bonds. The Labute approximate surface area is 125 Å². The highest BCUT2D eigenvalue weighted by Gasteiger charge is 2.22. The van der Waals surface area contributed by atoms with Gasteiger partial charge in [0.2, 0.25) is 10.0 Å². The summed E-state index contributed by atoms with van der Waals surface area (Å²) in [5.41, 5.74) is 5.77. The van der Waals surface area contributed by atoms with E-state index in [9.17, 15) is 17.2 Å². The summed E-state index contributed by atoms with van der Waals surface area (Å²) in [6.45, 7) is -0.0879. The van der Waals surface area contributed by atoms with Crippen molar-refractivity contribution in [3.8, 4) is 0 Å². The maximum atomic E-state index is 13.6. The van der Waals surface area contributed by atoms with Crippen LogP contribution in [0.5, 0.6) is 0 Å². The molecular formula is C13H11ClF2N2O2S. The molecule has 4 nitrogen and oxygen atoms in total. The number of nitrogens with one attached hydrogen (secondary N) is 1. The number of anilines is 1. The molecule has 0 saturated carbocycles. The van der Waals surface area contributed by atoms with E-state index in [1.165, 1.54) is 0 Å². The van der Waals surface area contributed by atoms with Gasteiger partial charge in [-0.15, -0.1) is 0 Å². The van der Waals surface area contributed by atoms with Crippen LogP contribution in [0.2, 0.25) is 5.02 Å². The smallest absolute Gasteiger partial charge is 0.243 e. The Morgan fingerprint density at radius 1 is 1.14 bits per heavy atom. The Morgan fingerprint density at radius 3 is 2.38 bits per heavy atom. The molecule has 0 saturated heterocycles. The summed E-state index contributed by atoms with van der Waals surface area (Å²) >= 11 is 5.71. The number of sulfonamides is 1. The molecule has 0 aliphatic heterocycles. The third-order valence-corrected chi connectivity index (χ3v) is 4.34. The lowest BCUT2D eigenvalue weighted by molar-refractivity contribution is 0.484. The Morgan fingerprint density at radius 2 is 1.76 bits per heavy atom. The van der Waals surface area contributed by atoms with Crippen LogP contribution >= 0.6 is 11.6 Å². The largest absolute Gasteiger partial charge is 0.399 e. The highest BCUT2D eigenvalue weighted by molar-refractivity contribution is 7.89. The molecular weight excluding hydrogens is 322 g/mol. The van der Waals surface area contributed by atoms with Crippen LogP contribution in [0.3, 0.4) is 0 Å². The monoisotopic (exact) mass is 332 g/mol. The van der Waals surface area contributed by atoms with E-state index in [2.05, 4.69) is 4.72 Å². The number of rotatable bonds is 4. The molecule has 2 rings (SSSR count). The van der Waals surface area contributed by atoms with Gasteiger partial charge in [0.1, 0.15) is 4.90 Å². The molecule has 0 aliphatic rings. The maximum Gasteiger partial charge on any atom is 0.243 e. The lowest BCUT2D eigenvalue weighted by Crippen LogP contribution is -2.24. The molecule has 0 atom stereocenters. The number of hydrogen-bond acceptors (Lipinski definition) is 3. The van der Waals surface area contributed by atoms with E-state index in [0.29, 0.717) is 16.7 Å². The molecule has 0 spiro atoms. The topological polar surface area (TPSA) is 72.2 Å². The summed E-state index contributed by atoms with van der Waals surface area (Å²) in [7, 11) is -4.22. The zero-order valence-electron chi connectivity index (χ0n) is 10.6. The highest BCUT2D eigenvalue weighted by Crippen LogP contribution is 2.21. The third kappa shape index (κ3) is 3.69. The predicted octanol–water partition coefficient (Wildman–Crippen LogP) is 2.68. The van der Waals surface area contributed by atoms with Crippen molar-refractivity contribution in [3.63, 3.8) is 0 Å². The van der Waals surface area contributed by atoms with Crippen LogP contribution in [0.4, 0.5) is 14.5 Å². The van der Waals surface area contributed by atoms with Gasteiger partial charge in [0.15, 0.2) is 11.6 Å². The van der Waals surface area contributed by atoms with Crippen LogP contribution in [0.1, 0.15) is 5.56 Å². The maximum absolute atomic E-state index is 13.6. The van der Waals surface area contributed by atoms with E-state index in [1.807, 2.05) is 0 Å². The minimum atomic E-state index is -4.22. The van der Waals surface area contributed by atoms with Crippen molar-refractivity contribution in [1.82, 2.24) is 4.72 Å². The Hall–Kier alpha value is -1.70. The summed E-state index contributed by atoms with van der Waals surface area (Å²) in [5.74, 6) is -2.78. The van der Waals surface area contributed by atoms with E-state index in [0.717, 1.165) is 6.07 Å². The van der Waals surface area contributed by atoms with Gasteiger partial charge >= 0.3 is 0 Å². The molecule has 0 unspecified atom stereocenters. The van der Waals surface area contributed by atoms with E-state index in [1.54, 1.807) is 24.3 Å². The predicted molar refractivity (Wildman–Crippen MR) is 76.2 cm³/mol. The lowest BCUT2D eigenvalue weighted by atomic mass is 10.2. The standard InChI is InChI=1S/C13H11ClF2N2O2S/c14-9-3-1-8(2-4-9)7-18-21(19,20)12-6-10(17)5-11(15)13(12)16/h1-6,18H,7,17H2. The van der Waals surface area contributed by atoms with Crippen LogP contribution in [0.25, 0.3) is 0 Å². The SMILES string of the molecule is Nc1cc(F)c(F)c(S(=O)(=O)NCc2ccc(Cl)cc2)c1. The van der Waals surface area contributed by atoms with E-state index < -0.39 is 26.6 Å². The zero-order chi connectivity index (χ0) is 15.6. The molecule has 8 heteroatoms. The second kappa shape index (κ2) is 5.97.